The number of nitrogens with zero attached hydrogens (tertiary/aromatic N) is 2. The fraction of sp³-hybridized carbons (Fsp3) is 0.800. The van der Waals surface area contributed by atoms with Crippen molar-refractivity contribution in [3.05, 3.63) is 10.5 Å². The van der Waals surface area contributed by atoms with Crippen molar-refractivity contribution in [2.75, 3.05) is 26.2 Å². The van der Waals surface area contributed by atoms with E-state index in [1.165, 1.54) is 5.32 Å². The Hall–Kier alpha value is -0.153. The van der Waals surface area contributed by atoms with Gasteiger partial charge in [-0.3, -0.25) is 0 Å². The molecule has 0 spiro atoms. The molecule has 0 bridgehead atoms. The highest BCUT2D eigenvalue weighted by Crippen LogP contribution is 2.15. The van der Waals surface area contributed by atoms with Crippen LogP contribution in [0.5, 0.6) is 0 Å². The van der Waals surface area contributed by atoms with Crippen LogP contribution in [0.25, 0.3) is 0 Å². The Morgan fingerprint density at radius 3 is 1.57 bits per heavy atom. The van der Waals surface area contributed by atoms with Gasteiger partial charge in [0.05, 0.1) is 10.2 Å². The molecule has 0 aromatic carbocycles. The van der Waals surface area contributed by atoms with Crippen LogP contribution in [-0.2, 0) is 0 Å². The predicted molar refractivity (Wildman–Crippen MR) is 68.7 cm³/mol. The summed E-state index contributed by atoms with van der Waals surface area (Å²) in [6.45, 7) is 12.7. The van der Waals surface area contributed by atoms with Gasteiger partial charge >= 0.3 is 0 Å². The van der Waals surface area contributed by atoms with E-state index in [1.54, 1.807) is 0 Å². The molecule has 0 rings (SSSR count). The molecule has 0 saturated heterocycles. The van der Waals surface area contributed by atoms with Gasteiger partial charge in [0.15, 0.2) is 0 Å². The first-order valence-corrected chi connectivity index (χ1v) is 6.86. The zero-order valence-corrected chi connectivity index (χ0v) is 12.9. The van der Waals surface area contributed by atoms with Crippen molar-refractivity contribution in [2.24, 2.45) is 0 Å². The predicted octanol–water partition coefficient (Wildman–Crippen LogP) is 1.40. The minimum Gasteiger partial charge on any atom is -0.377 e. The summed E-state index contributed by atoms with van der Waals surface area (Å²) in [5.74, 6) is 0. The Morgan fingerprint density at radius 2 is 1.29 bits per heavy atom. The second-order valence-corrected chi connectivity index (χ2v) is 4.53. The molecule has 0 aromatic rings. The average Bonchev–Trinajstić information content (AvgIpc) is 2.21. The van der Waals surface area contributed by atoms with Crippen molar-refractivity contribution in [1.82, 2.24) is 9.80 Å². The molecule has 0 aliphatic rings. The van der Waals surface area contributed by atoms with Gasteiger partial charge in [-0.05, 0) is 27.7 Å². The maximum atomic E-state index is 6.35. The molecule has 14 heavy (non-hydrogen) atoms. The normalized spacial score (nSPS) is 12.6. The second-order valence-electron chi connectivity index (χ2n) is 3.22. The fourth-order valence-corrected chi connectivity index (χ4v) is 2.87. The highest BCUT2D eigenvalue weighted by molar-refractivity contribution is 6.35. The molecule has 2 nitrogen and oxygen atoms in total. The van der Waals surface area contributed by atoms with Crippen LogP contribution in [0.4, 0.5) is 0 Å². The SMILES string of the molecule is CCN(CC)C([SiH3])=C(Cl)N(CC)CC. The van der Waals surface area contributed by atoms with Crippen molar-refractivity contribution in [3.63, 3.8) is 0 Å². The Labute approximate surface area is 96.3 Å². The second kappa shape index (κ2) is 7.18. The summed E-state index contributed by atoms with van der Waals surface area (Å²) in [5.41, 5.74) is 0. The number of rotatable bonds is 6. The van der Waals surface area contributed by atoms with Gasteiger partial charge in [-0.15, -0.1) is 0 Å². The molecule has 0 aliphatic heterocycles. The van der Waals surface area contributed by atoms with Crippen LogP contribution < -0.4 is 0 Å². The summed E-state index contributed by atoms with van der Waals surface area (Å²) < 4.78 is 0. The largest absolute Gasteiger partial charge is 0.377 e. The lowest BCUT2D eigenvalue weighted by Gasteiger charge is -2.28. The van der Waals surface area contributed by atoms with Crippen molar-refractivity contribution in [3.8, 4) is 0 Å². The zero-order valence-electron chi connectivity index (χ0n) is 10.1. The minimum absolute atomic E-state index is 0.949. The lowest BCUT2D eigenvalue weighted by Crippen LogP contribution is -2.28. The quantitative estimate of drug-likeness (QED) is 0.507. The molecular weight excluding hydrogens is 212 g/mol. The molecule has 0 heterocycles. The Balaban J connectivity index is 4.69. The van der Waals surface area contributed by atoms with Gasteiger partial charge in [0.25, 0.3) is 0 Å². The van der Waals surface area contributed by atoms with Crippen LogP contribution in [0, 0.1) is 0 Å². The molecule has 0 saturated carbocycles. The standard InChI is InChI=1S/C10H23ClN2Si/c1-5-12(6-2)9(11)10(14)13(7-3)8-4/h5-8H2,1-4,14H3. The molecule has 0 unspecified atom stereocenters. The average molecular weight is 235 g/mol. The van der Waals surface area contributed by atoms with Crippen LogP contribution in [0.2, 0.25) is 0 Å². The third kappa shape index (κ3) is 3.54. The summed E-state index contributed by atoms with van der Waals surface area (Å²) in [5, 5.41) is 2.27. The van der Waals surface area contributed by atoms with E-state index in [4.69, 9.17) is 11.6 Å². The molecule has 4 heteroatoms. The van der Waals surface area contributed by atoms with E-state index in [0.29, 0.717) is 0 Å². The third-order valence-corrected chi connectivity index (χ3v) is 4.51. The van der Waals surface area contributed by atoms with Gasteiger partial charge in [0.1, 0.15) is 5.16 Å². The fourth-order valence-electron chi connectivity index (χ4n) is 1.56. The molecule has 84 valence electrons. The van der Waals surface area contributed by atoms with E-state index in [1.807, 2.05) is 0 Å². The third-order valence-electron chi connectivity index (χ3n) is 2.58. The van der Waals surface area contributed by atoms with Crippen molar-refractivity contribution in [1.29, 1.82) is 0 Å². The zero-order chi connectivity index (χ0) is 11.1. The molecule has 0 fully saturated rings. The van der Waals surface area contributed by atoms with Crippen LogP contribution >= 0.6 is 11.6 Å². The van der Waals surface area contributed by atoms with Crippen LogP contribution in [0.3, 0.4) is 0 Å². The monoisotopic (exact) mass is 234 g/mol. The summed E-state index contributed by atoms with van der Waals surface area (Å²) >= 11 is 6.35. The van der Waals surface area contributed by atoms with Crippen LogP contribution in [0.15, 0.2) is 10.5 Å². The van der Waals surface area contributed by atoms with Gasteiger partial charge in [0.2, 0.25) is 0 Å². The van der Waals surface area contributed by atoms with Crippen LogP contribution in [-0.4, -0.2) is 46.2 Å². The number of hydrogen-bond acceptors (Lipinski definition) is 2. The molecule has 0 atom stereocenters. The van der Waals surface area contributed by atoms with E-state index in [-0.39, 0.29) is 0 Å². The summed E-state index contributed by atoms with van der Waals surface area (Å²) in [6.07, 6.45) is 0. The molecular formula is C10H23ClN2Si. The van der Waals surface area contributed by atoms with Crippen molar-refractivity contribution in [2.45, 2.75) is 27.7 Å². The number of halogens is 1. The molecule has 0 amide bonds. The lowest BCUT2D eigenvalue weighted by atomic mass is 10.5. The summed E-state index contributed by atoms with van der Waals surface area (Å²) in [4.78, 5) is 4.55. The Kier molecular flexibility index (Phi) is 7.10. The number of hydrogen-bond donors (Lipinski definition) is 0. The lowest BCUT2D eigenvalue weighted by molar-refractivity contribution is 0.360. The molecule has 0 aromatic heterocycles. The van der Waals surface area contributed by atoms with Crippen molar-refractivity contribution < 1.29 is 0 Å². The van der Waals surface area contributed by atoms with E-state index in [2.05, 4.69) is 37.5 Å². The van der Waals surface area contributed by atoms with Crippen LogP contribution in [0.1, 0.15) is 27.7 Å². The first-order valence-electron chi connectivity index (χ1n) is 5.48. The maximum absolute atomic E-state index is 6.35. The van der Waals surface area contributed by atoms with E-state index in [9.17, 15) is 0 Å². The van der Waals surface area contributed by atoms with E-state index < -0.39 is 0 Å². The topological polar surface area (TPSA) is 6.48 Å². The summed E-state index contributed by atoms with van der Waals surface area (Å²) in [7, 11) is 1.01. The smallest absolute Gasteiger partial charge is 0.118 e. The van der Waals surface area contributed by atoms with E-state index >= 15 is 0 Å². The highest BCUT2D eigenvalue weighted by Gasteiger charge is 2.09. The van der Waals surface area contributed by atoms with E-state index in [0.717, 1.165) is 41.6 Å². The summed E-state index contributed by atoms with van der Waals surface area (Å²) in [6, 6.07) is 0. The van der Waals surface area contributed by atoms with Crippen molar-refractivity contribution >= 4 is 21.8 Å². The first-order chi connectivity index (χ1) is 6.62. The molecule has 0 N–H and O–H groups in total. The first kappa shape index (κ1) is 13.8. The van der Waals surface area contributed by atoms with Gasteiger partial charge < -0.3 is 9.80 Å². The Bertz CT molecular complexity index is 167. The van der Waals surface area contributed by atoms with Gasteiger partial charge in [-0.2, -0.15) is 0 Å². The van der Waals surface area contributed by atoms with Gasteiger partial charge in [0, 0.05) is 31.5 Å². The Morgan fingerprint density at radius 1 is 0.929 bits per heavy atom. The highest BCUT2D eigenvalue weighted by atomic mass is 35.5. The minimum atomic E-state index is 0.949. The van der Waals surface area contributed by atoms with Gasteiger partial charge in [-0.25, -0.2) is 0 Å². The molecule has 0 radical (unpaired) electrons. The molecule has 0 aliphatic carbocycles. The maximum Gasteiger partial charge on any atom is 0.118 e. The van der Waals surface area contributed by atoms with Gasteiger partial charge in [-0.1, -0.05) is 11.6 Å².